The van der Waals surface area contributed by atoms with Crippen molar-refractivity contribution in [2.24, 2.45) is 11.3 Å². The Morgan fingerprint density at radius 1 is 1.39 bits per heavy atom. The fourth-order valence-corrected chi connectivity index (χ4v) is 3.75. The number of benzene rings is 1. The van der Waals surface area contributed by atoms with Crippen LogP contribution in [0.5, 0.6) is 0 Å². The van der Waals surface area contributed by atoms with Gasteiger partial charge in [-0.05, 0) is 50.8 Å². The Morgan fingerprint density at radius 3 is 2.74 bits per heavy atom. The summed E-state index contributed by atoms with van der Waals surface area (Å²) in [5.74, 6) is 0.0753. The molecular formula is C19H23NO3. The summed E-state index contributed by atoms with van der Waals surface area (Å²) in [7, 11) is 0. The molecule has 4 nitrogen and oxygen atoms in total. The Bertz CT molecular complexity index is 647. The van der Waals surface area contributed by atoms with Crippen molar-refractivity contribution < 1.29 is 14.3 Å². The summed E-state index contributed by atoms with van der Waals surface area (Å²) in [6.45, 7) is 8.44. The van der Waals surface area contributed by atoms with Crippen molar-refractivity contribution in [3.63, 3.8) is 0 Å². The lowest BCUT2D eigenvalue weighted by Crippen LogP contribution is -2.31. The van der Waals surface area contributed by atoms with E-state index in [1.165, 1.54) is 0 Å². The van der Waals surface area contributed by atoms with E-state index < -0.39 is 5.41 Å². The van der Waals surface area contributed by atoms with Gasteiger partial charge in [0.1, 0.15) is 0 Å². The summed E-state index contributed by atoms with van der Waals surface area (Å²) in [4.78, 5) is 24.3. The SMILES string of the molecule is C=C1CC2COC(=O)C2(Cc2ccc(C(=O)NC(C)C)cc2)C1. The van der Waals surface area contributed by atoms with Gasteiger partial charge in [-0.25, -0.2) is 0 Å². The van der Waals surface area contributed by atoms with Crippen LogP contribution in [0.2, 0.25) is 0 Å². The first kappa shape index (κ1) is 15.8. The maximum absolute atomic E-state index is 12.3. The van der Waals surface area contributed by atoms with Crippen LogP contribution < -0.4 is 5.32 Å². The van der Waals surface area contributed by atoms with E-state index in [0.717, 1.165) is 17.6 Å². The van der Waals surface area contributed by atoms with Gasteiger partial charge in [-0.2, -0.15) is 0 Å². The number of esters is 1. The number of ether oxygens (including phenoxy) is 1. The fourth-order valence-electron chi connectivity index (χ4n) is 3.75. The molecule has 0 spiro atoms. The number of cyclic esters (lactones) is 1. The summed E-state index contributed by atoms with van der Waals surface area (Å²) < 4.78 is 5.31. The molecule has 1 saturated heterocycles. The van der Waals surface area contributed by atoms with Crippen molar-refractivity contribution in [1.29, 1.82) is 0 Å². The smallest absolute Gasteiger partial charge is 0.313 e. The number of rotatable bonds is 4. The third kappa shape index (κ3) is 2.90. The Labute approximate surface area is 136 Å². The summed E-state index contributed by atoms with van der Waals surface area (Å²) in [6.07, 6.45) is 2.24. The second-order valence-corrected chi connectivity index (χ2v) is 7.08. The molecule has 1 aliphatic heterocycles. The molecule has 23 heavy (non-hydrogen) atoms. The second kappa shape index (κ2) is 5.84. The van der Waals surface area contributed by atoms with Gasteiger partial charge in [0, 0.05) is 17.5 Å². The summed E-state index contributed by atoms with van der Waals surface area (Å²) in [5, 5.41) is 2.88. The molecule has 1 aliphatic carbocycles. The van der Waals surface area contributed by atoms with Gasteiger partial charge in [0.05, 0.1) is 12.0 Å². The van der Waals surface area contributed by atoms with Crippen molar-refractivity contribution in [1.82, 2.24) is 5.32 Å². The highest BCUT2D eigenvalue weighted by Gasteiger charge is 2.55. The van der Waals surface area contributed by atoms with E-state index >= 15 is 0 Å². The van der Waals surface area contributed by atoms with E-state index in [1.54, 1.807) is 0 Å². The topological polar surface area (TPSA) is 55.4 Å². The summed E-state index contributed by atoms with van der Waals surface area (Å²) >= 11 is 0. The lowest BCUT2D eigenvalue weighted by Gasteiger charge is -2.24. The molecule has 1 aromatic carbocycles. The number of hydrogen-bond donors (Lipinski definition) is 1. The van der Waals surface area contributed by atoms with E-state index in [1.807, 2.05) is 38.1 Å². The predicted molar refractivity (Wildman–Crippen MR) is 88.0 cm³/mol. The Hall–Kier alpha value is -2.10. The number of fused-ring (bicyclic) bond motifs is 1. The summed E-state index contributed by atoms with van der Waals surface area (Å²) in [6, 6.07) is 7.63. The van der Waals surface area contributed by atoms with Gasteiger partial charge in [0.2, 0.25) is 0 Å². The van der Waals surface area contributed by atoms with E-state index in [-0.39, 0.29) is 23.8 Å². The van der Waals surface area contributed by atoms with Crippen molar-refractivity contribution in [2.75, 3.05) is 6.61 Å². The predicted octanol–water partition coefficient (Wildman–Crippen LogP) is 2.88. The third-order valence-electron chi connectivity index (χ3n) is 4.86. The monoisotopic (exact) mass is 313 g/mol. The van der Waals surface area contributed by atoms with Gasteiger partial charge in [-0.1, -0.05) is 24.3 Å². The molecule has 1 N–H and O–H groups in total. The van der Waals surface area contributed by atoms with Crippen LogP contribution in [-0.2, 0) is 16.0 Å². The Kier molecular flexibility index (Phi) is 4.00. The molecule has 122 valence electrons. The van der Waals surface area contributed by atoms with Crippen LogP contribution in [0, 0.1) is 11.3 Å². The van der Waals surface area contributed by atoms with Crippen molar-refractivity contribution in [3.05, 3.63) is 47.5 Å². The molecule has 0 aromatic heterocycles. The molecule has 2 atom stereocenters. The highest BCUT2D eigenvalue weighted by Crippen LogP contribution is 2.52. The van der Waals surface area contributed by atoms with Crippen LogP contribution in [-0.4, -0.2) is 24.5 Å². The zero-order valence-electron chi connectivity index (χ0n) is 13.7. The first-order chi connectivity index (χ1) is 10.9. The standard InChI is InChI=1S/C19H23NO3/c1-12(2)20-17(21)15-6-4-14(5-7-15)10-19-9-13(3)8-16(19)11-23-18(19)22/h4-7,12,16H,3,8-11H2,1-2H3,(H,20,21). The van der Waals surface area contributed by atoms with Crippen LogP contribution >= 0.6 is 0 Å². The van der Waals surface area contributed by atoms with Crippen molar-refractivity contribution >= 4 is 11.9 Å². The number of nitrogens with one attached hydrogen (secondary N) is 1. The van der Waals surface area contributed by atoms with Gasteiger partial charge in [0.15, 0.2) is 0 Å². The maximum Gasteiger partial charge on any atom is 0.313 e. The molecule has 0 bridgehead atoms. The Morgan fingerprint density at radius 2 is 2.09 bits per heavy atom. The number of allylic oxidation sites excluding steroid dienone is 1. The minimum Gasteiger partial charge on any atom is -0.465 e. The highest BCUT2D eigenvalue weighted by molar-refractivity contribution is 5.94. The average molecular weight is 313 g/mol. The highest BCUT2D eigenvalue weighted by atomic mass is 16.5. The minimum absolute atomic E-state index is 0.0721. The molecule has 1 aromatic rings. The second-order valence-electron chi connectivity index (χ2n) is 7.08. The molecule has 3 rings (SSSR count). The molecule has 1 saturated carbocycles. The van der Waals surface area contributed by atoms with E-state index in [9.17, 15) is 9.59 Å². The van der Waals surface area contributed by atoms with Crippen LogP contribution in [0.25, 0.3) is 0 Å². The molecular weight excluding hydrogens is 290 g/mol. The molecule has 4 heteroatoms. The normalized spacial score (nSPS) is 26.3. The van der Waals surface area contributed by atoms with Crippen LogP contribution in [0.1, 0.15) is 42.6 Å². The number of amides is 1. The van der Waals surface area contributed by atoms with Gasteiger partial charge in [0.25, 0.3) is 5.91 Å². The minimum atomic E-state index is -0.446. The van der Waals surface area contributed by atoms with E-state index in [2.05, 4.69) is 11.9 Å². The average Bonchev–Trinajstić information content (AvgIpc) is 2.94. The lowest BCUT2D eigenvalue weighted by molar-refractivity contribution is -0.146. The number of carbonyl (C=O) groups excluding carboxylic acids is 2. The van der Waals surface area contributed by atoms with Gasteiger partial charge < -0.3 is 10.1 Å². The largest absolute Gasteiger partial charge is 0.465 e. The van der Waals surface area contributed by atoms with E-state index in [0.29, 0.717) is 25.0 Å². The van der Waals surface area contributed by atoms with Crippen LogP contribution in [0.3, 0.4) is 0 Å². The number of carbonyl (C=O) groups is 2. The Balaban J connectivity index is 1.77. The van der Waals surface area contributed by atoms with Crippen molar-refractivity contribution in [3.8, 4) is 0 Å². The molecule has 2 fully saturated rings. The molecule has 0 radical (unpaired) electrons. The van der Waals surface area contributed by atoms with E-state index in [4.69, 9.17) is 4.74 Å². The maximum atomic E-state index is 12.3. The summed E-state index contributed by atoms with van der Waals surface area (Å²) in [5.41, 5.74) is 2.39. The molecule has 1 amide bonds. The molecule has 2 aliphatic rings. The van der Waals surface area contributed by atoms with Gasteiger partial charge in [-0.15, -0.1) is 0 Å². The zero-order valence-corrected chi connectivity index (χ0v) is 13.7. The van der Waals surface area contributed by atoms with Gasteiger partial charge in [-0.3, -0.25) is 9.59 Å². The molecule has 2 unspecified atom stereocenters. The van der Waals surface area contributed by atoms with Crippen LogP contribution in [0.4, 0.5) is 0 Å². The third-order valence-corrected chi connectivity index (χ3v) is 4.86. The first-order valence-corrected chi connectivity index (χ1v) is 8.14. The molecule has 1 heterocycles. The number of hydrogen-bond acceptors (Lipinski definition) is 3. The van der Waals surface area contributed by atoms with Gasteiger partial charge >= 0.3 is 5.97 Å². The quantitative estimate of drug-likeness (QED) is 0.687. The first-order valence-electron chi connectivity index (χ1n) is 8.14. The van der Waals surface area contributed by atoms with Crippen LogP contribution in [0.15, 0.2) is 36.4 Å². The lowest BCUT2D eigenvalue weighted by atomic mass is 9.75. The van der Waals surface area contributed by atoms with Crippen molar-refractivity contribution in [2.45, 2.75) is 39.2 Å². The fraction of sp³-hybridized carbons (Fsp3) is 0.474. The zero-order chi connectivity index (χ0) is 16.6.